The molecule has 0 amide bonds. The Hall–Kier alpha value is -4.36. The molecule has 4 rings (SSSR count). The molecule has 2 aromatic heterocycles. The van der Waals surface area contributed by atoms with E-state index in [1.807, 2.05) is 45.0 Å². The molecule has 1 aliphatic rings. The lowest BCUT2D eigenvalue weighted by molar-refractivity contribution is 0.273. The molecule has 7 heteroatoms. The van der Waals surface area contributed by atoms with E-state index in [4.69, 9.17) is 20.6 Å². The number of rotatable bonds is 3. The van der Waals surface area contributed by atoms with E-state index in [1.165, 1.54) is 6.20 Å². The molecule has 3 heterocycles. The third-order valence-corrected chi connectivity index (χ3v) is 5.03. The van der Waals surface area contributed by atoms with Gasteiger partial charge in [0.05, 0.1) is 11.5 Å². The molecule has 3 N–H and O–H groups in total. The van der Waals surface area contributed by atoms with Gasteiger partial charge in [0.1, 0.15) is 18.4 Å². The summed E-state index contributed by atoms with van der Waals surface area (Å²) in [6.45, 7) is 6.29. The molecule has 0 spiro atoms. The zero-order valence-corrected chi connectivity index (χ0v) is 18.6. The number of pyridine rings is 2. The molecule has 0 aliphatic carbocycles. The molecule has 164 valence electrons. The van der Waals surface area contributed by atoms with Gasteiger partial charge in [0, 0.05) is 46.3 Å². The number of benzene rings is 1. The Balaban J connectivity index is 1.80. The highest BCUT2D eigenvalue weighted by Crippen LogP contribution is 2.44. The van der Waals surface area contributed by atoms with Crippen LogP contribution in [0.2, 0.25) is 0 Å². The molecule has 1 atom stereocenters. The van der Waals surface area contributed by atoms with Gasteiger partial charge in [-0.15, -0.1) is 0 Å². The van der Waals surface area contributed by atoms with Crippen molar-refractivity contribution < 1.29 is 9.47 Å². The smallest absolute Gasteiger partial charge is 0.279 e. The van der Waals surface area contributed by atoms with Gasteiger partial charge in [-0.3, -0.25) is 10.4 Å². The predicted octanol–water partition coefficient (Wildman–Crippen LogP) is 4.56. The van der Waals surface area contributed by atoms with Crippen LogP contribution < -0.4 is 10.5 Å². The number of nitrogens with one attached hydrogen (secondary N) is 1. The zero-order valence-electron chi connectivity index (χ0n) is 18.6. The van der Waals surface area contributed by atoms with Crippen LogP contribution in [0.4, 0.5) is 0 Å². The first-order valence-electron chi connectivity index (χ1n) is 10.4. The van der Waals surface area contributed by atoms with Gasteiger partial charge in [0.15, 0.2) is 0 Å². The molecule has 0 fully saturated rings. The first-order valence-corrected chi connectivity index (χ1v) is 10.4. The Morgan fingerprint density at radius 1 is 1.12 bits per heavy atom. The standard InChI is InChI=1S/C26H23N5O2/c1-26(2,3)7-6-16-9-21-22(15-32-25(28)29)20-10-18(19-8-17(11-27)12-30-14-19)4-5-23(20)33-24(21)31-13-16/h4-5,8-10,12-14,22H,15H2,1-3H3,(H3,28,29). The fourth-order valence-electron chi connectivity index (χ4n) is 3.51. The van der Waals surface area contributed by atoms with Gasteiger partial charge in [-0.25, -0.2) is 4.98 Å². The van der Waals surface area contributed by atoms with Crippen LogP contribution in [-0.4, -0.2) is 22.6 Å². The summed E-state index contributed by atoms with van der Waals surface area (Å²) in [5.74, 6) is 7.25. The van der Waals surface area contributed by atoms with Gasteiger partial charge in [-0.1, -0.05) is 17.9 Å². The van der Waals surface area contributed by atoms with E-state index >= 15 is 0 Å². The van der Waals surface area contributed by atoms with Gasteiger partial charge < -0.3 is 15.2 Å². The summed E-state index contributed by atoms with van der Waals surface area (Å²) in [4.78, 5) is 8.65. The largest absolute Gasteiger partial charge is 0.465 e. The van der Waals surface area contributed by atoms with Gasteiger partial charge in [0.2, 0.25) is 5.88 Å². The van der Waals surface area contributed by atoms with E-state index in [-0.39, 0.29) is 24.0 Å². The van der Waals surface area contributed by atoms with Crippen molar-refractivity contribution in [3.8, 4) is 40.7 Å². The zero-order chi connectivity index (χ0) is 23.6. The number of nitriles is 1. The SMILES string of the molecule is CC(C)(C)C#Cc1cnc2c(c1)C(COC(=N)N)c1cc(-c3cncc(C#N)c3)ccc1O2. The number of hydrogen-bond donors (Lipinski definition) is 2. The van der Waals surface area contributed by atoms with Crippen LogP contribution in [0.5, 0.6) is 11.6 Å². The van der Waals surface area contributed by atoms with E-state index in [0.29, 0.717) is 17.2 Å². The highest BCUT2D eigenvalue weighted by molar-refractivity contribution is 5.69. The molecular formula is C26H23N5O2. The van der Waals surface area contributed by atoms with Crippen molar-refractivity contribution in [1.82, 2.24) is 9.97 Å². The molecule has 7 nitrogen and oxygen atoms in total. The second kappa shape index (κ2) is 8.64. The Bertz CT molecular complexity index is 1340. The predicted molar refractivity (Wildman–Crippen MR) is 125 cm³/mol. The Morgan fingerprint density at radius 2 is 1.94 bits per heavy atom. The highest BCUT2D eigenvalue weighted by Gasteiger charge is 2.30. The summed E-state index contributed by atoms with van der Waals surface area (Å²) in [6, 6.07) is 11.3. The topological polar surface area (TPSA) is 118 Å². The minimum atomic E-state index is -0.358. The van der Waals surface area contributed by atoms with Crippen molar-refractivity contribution in [2.24, 2.45) is 11.1 Å². The minimum absolute atomic E-state index is 0.142. The molecule has 33 heavy (non-hydrogen) atoms. The number of nitrogens with two attached hydrogens (primary N) is 1. The maximum absolute atomic E-state index is 9.22. The molecule has 0 radical (unpaired) electrons. The molecule has 3 aromatic rings. The maximum atomic E-state index is 9.22. The summed E-state index contributed by atoms with van der Waals surface area (Å²) < 4.78 is 11.5. The number of aromatic nitrogens is 2. The van der Waals surface area contributed by atoms with Crippen LogP contribution in [-0.2, 0) is 4.74 Å². The lowest BCUT2D eigenvalue weighted by atomic mass is 9.87. The molecule has 1 unspecified atom stereocenters. The summed E-state index contributed by atoms with van der Waals surface area (Å²) >= 11 is 0. The normalized spacial score (nSPS) is 13.9. The van der Waals surface area contributed by atoms with E-state index in [2.05, 4.69) is 27.9 Å². The van der Waals surface area contributed by atoms with Crippen molar-refractivity contribution in [2.45, 2.75) is 26.7 Å². The van der Waals surface area contributed by atoms with Gasteiger partial charge in [-0.2, -0.15) is 5.26 Å². The number of hydrogen-bond acceptors (Lipinski definition) is 6. The number of amidine groups is 1. The average Bonchev–Trinajstić information content (AvgIpc) is 2.79. The first kappa shape index (κ1) is 21.9. The monoisotopic (exact) mass is 437 g/mol. The third-order valence-electron chi connectivity index (χ3n) is 5.03. The maximum Gasteiger partial charge on any atom is 0.279 e. The summed E-state index contributed by atoms with van der Waals surface area (Å²) in [5, 5.41) is 16.7. The molecule has 0 saturated heterocycles. The Kier molecular flexibility index (Phi) is 5.72. The van der Waals surface area contributed by atoms with Crippen molar-refractivity contribution in [3.05, 3.63) is 71.2 Å². The van der Waals surface area contributed by atoms with Crippen LogP contribution in [0.25, 0.3) is 11.1 Å². The molecular weight excluding hydrogens is 414 g/mol. The van der Waals surface area contributed by atoms with Crippen LogP contribution in [0.15, 0.2) is 48.9 Å². The second-order valence-corrected chi connectivity index (χ2v) is 8.77. The molecule has 0 bridgehead atoms. The van der Waals surface area contributed by atoms with E-state index in [9.17, 15) is 5.26 Å². The van der Waals surface area contributed by atoms with Gasteiger partial charge in [0.25, 0.3) is 6.02 Å². The summed E-state index contributed by atoms with van der Waals surface area (Å²) in [7, 11) is 0. The van der Waals surface area contributed by atoms with E-state index in [0.717, 1.165) is 27.8 Å². The number of ether oxygens (including phenoxy) is 2. The lowest BCUT2D eigenvalue weighted by Gasteiger charge is -2.28. The lowest BCUT2D eigenvalue weighted by Crippen LogP contribution is -2.22. The van der Waals surface area contributed by atoms with Crippen LogP contribution in [0.3, 0.4) is 0 Å². The van der Waals surface area contributed by atoms with Crippen molar-refractivity contribution in [3.63, 3.8) is 0 Å². The number of nitrogens with zero attached hydrogens (tertiary/aromatic N) is 3. The van der Waals surface area contributed by atoms with Crippen molar-refractivity contribution >= 4 is 6.02 Å². The molecule has 1 aliphatic heterocycles. The van der Waals surface area contributed by atoms with E-state index < -0.39 is 0 Å². The Morgan fingerprint density at radius 3 is 2.67 bits per heavy atom. The summed E-state index contributed by atoms with van der Waals surface area (Å²) in [6.07, 6.45) is 4.93. The highest BCUT2D eigenvalue weighted by atomic mass is 16.5. The van der Waals surface area contributed by atoms with Gasteiger partial charge in [-0.05, 0) is 50.6 Å². The van der Waals surface area contributed by atoms with Crippen LogP contribution >= 0.6 is 0 Å². The van der Waals surface area contributed by atoms with Crippen molar-refractivity contribution in [2.75, 3.05) is 6.61 Å². The number of fused-ring (bicyclic) bond motifs is 2. The van der Waals surface area contributed by atoms with Gasteiger partial charge >= 0.3 is 0 Å². The fraction of sp³-hybridized carbons (Fsp3) is 0.231. The average molecular weight is 438 g/mol. The Labute approximate surface area is 192 Å². The third kappa shape index (κ3) is 4.94. The first-order chi connectivity index (χ1) is 15.7. The van der Waals surface area contributed by atoms with Crippen molar-refractivity contribution in [1.29, 1.82) is 10.7 Å². The molecule has 0 saturated carbocycles. The minimum Gasteiger partial charge on any atom is -0.465 e. The second-order valence-electron chi connectivity index (χ2n) is 8.77. The summed E-state index contributed by atoms with van der Waals surface area (Å²) in [5.41, 5.74) is 9.97. The van der Waals surface area contributed by atoms with E-state index in [1.54, 1.807) is 18.5 Å². The quantitative estimate of drug-likeness (QED) is 0.352. The molecule has 1 aromatic carbocycles. The van der Waals surface area contributed by atoms with Crippen LogP contribution in [0, 0.1) is 34.0 Å². The van der Waals surface area contributed by atoms with Crippen LogP contribution in [0.1, 0.15) is 48.9 Å². The fourth-order valence-corrected chi connectivity index (χ4v) is 3.51.